The second-order valence-corrected chi connectivity index (χ2v) is 3.61. The standard InChI is InChI=1S/C13H11N3O2/c14-10-3-1-2-4-11(10)16-13(18)12(17)9-5-7-15-8-6-9/h1-8H,14H2,(H,16,18). The number of anilines is 2. The van der Waals surface area contributed by atoms with Crippen molar-refractivity contribution in [3.05, 3.63) is 54.4 Å². The van der Waals surface area contributed by atoms with Crippen LogP contribution in [0.1, 0.15) is 10.4 Å². The molecule has 0 bridgehead atoms. The lowest BCUT2D eigenvalue weighted by Crippen LogP contribution is -2.23. The van der Waals surface area contributed by atoms with Crippen LogP contribution in [0.4, 0.5) is 11.4 Å². The number of para-hydroxylation sites is 2. The van der Waals surface area contributed by atoms with Gasteiger partial charge >= 0.3 is 0 Å². The Kier molecular flexibility index (Phi) is 3.33. The van der Waals surface area contributed by atoms with Crippen molar-refractivity contribution in [1.29, 1.82) is 0 Å². The molecule has 2 aromatic rings. The normalized spacial score (nSPS) is 9.78. The summed E-state index contributed by atoms with van der Waals surface area (Å²) < 4.78 is 0. The molecule has 0 aliphatic heterocycles. The number of amides is 1. The van der Waals surface area contributed by atoms with Gasteiger partial charge in [-0.25, -0.2) is 0 Å². The fourth-order valence-electron chi connectivity index (χ4n) is 1.42. The molecule has 2 rings (SSSR count). The zero-order valence-electron chi connectivity index (χ0n) is 9.46. The van der Waals surface area contributed by atoms with Gasteiger partial charge in [0.25, 0.3) is 11.7 Å². The summed E-state index contributed by atoms with van der Waals surface area (Å²) in [5.41, 5.74) is 6.79. The van der Waals surface area contributed by atoms with Gasteiger partial charge in [-0.2, -0.15) is 0 Å². The van der Waals surface area contributed by atoms with Gasteiger partial charge in [0.1, 0.15) is 0 Å². The number of nitrogens with one attached hydrogen (secondary N) is 1. The smallest absolute Gasteiger partial charge is 0.296 e. The van der Waals surface area contributed by atoms with Crippen LogP contribution in [0.3, 0.4) is 0 Å². The Labute approximate surface area is 104 Å². The molecule has 1 aromatic heterocycles. The lowest BCUT2D eigenvalue weighted by atomic mass is 10.1. The van der Waals surface area contributed by atoms with E-state index in [1.807, 2.05) is 0 Å². The Morgan fingerprint density at radius 2 is 1.72 bits per heavy atom. The van der Waals surface area contributed by atoms with Gasteiger partial charge in [-0.15, -0.1) is 0 Å². The maximum absolute atomic E-state index is 11.8. The number of aromatic nitrogens is 1. The zero-order valence-corrected chi connectivity index (χ0v) is 9.46. The van der Waals surface area contributed by atoms with Crippen molar-refractivity contribution < 1.29 is 9.59 Å². The number of benzene rings is 1. The van der Waals surface area contributed by atoms with Crippen LogP contribution in [0, 0.1) is 0 Å². The van der Waals surface area contributed by atoms with E-state index in [0.29, 0.717) is 11.4 Å². The van der Waals surface area contributed by atoms with E-state index in [2.05, 4.69) is 10.3 Å². The molecule has 5 nitrogen and oxygen atoms in total. The number of hydrogen-bond acceptors (Lipinski definition) is 4. The van der Waals surface area contributed by atoms with E-state index in [1.54, 1.807) is 24.3 Å². The first-order chi connectivity index (χ1) is 8.68. The number of carbonyl (C=O) groups is 2. The van der Waals surface area contributed by atoms with Crippen molar-refractivity contribution in [1.82, 2.24) is 4.98 Å². The fourth-order valence-corrected chi connectivity index (χ4v) is 1.42. The number of rotatable bonds is 3. The molecule has 5 heteroatoms. The van der Waals surface area contributed by atoms with Crippen LogP contribution in [0.15, 0.2) is 48.8 Å². The van der Waals surface area contributed by atoms with Gasteiger partial charge in [-0.05, 0) is 24.3 Å². The quantitative estimate of drug-likeness (QED) is 0.484. The molecule has 1 aromatic carbocycles. The minimum atomic E-state index is -0.723. The molecule has 1 heterocycles. The summed E-state index contributed by atoms with van der Waals surface area (Å²) in [6, 6.07) is 9.71. The van der Waals surface area contributed by atoms with Gasteiger partial charge in [0.2, 0.25) is 0 Å². The van der Waals surface area contributed by atoms with E-state index >= 15 is 0 Å². The van der Waals surface area contributed by atoms with Crippen LogP contribution in [-0.4, -0.2) is 16.7 Å². The van der Waals surface area contributed by atoms with Crippen LogP contribution < -0.4 is 11.1 Å². The molecule has 0 spiro atoms. The molecule has 0 fully saturated rings. The minimum absolute atomic E-state index is 0.289. The van der Waals surface area contributed by atoms with Crippen molar-refractivity contribution in [2.24, 2.45) is 0 Å². The predicted octanol–water partition coefficient (Wildman–Crippen LogP) is 1.49. The van der Waals surface area contributed by atoms with E-state index in [4.69, 9.17) is 5.73 Å². The Morgan fingerprint density at radius 1 is 1.06 bits per heavy atom. The highest BCUT2D eigenvalue weighted by Crippen LogP contribution is 2.16. The Bertz CT molecular complexity index is 582. The summed E-state index contributed by atoms with van der Waals surface area (Å²) in [6.07, 6.45) is 2.91. The third-order valence-electron chi connectivity index (χ3n) is 2.36. The molecule has 0 saturated heterocycles. The second kappa shape index (κ2) is 5.09. The molecular formula is C13H11N3O2. The van der Waals surface area contributed by atoms with Gasteiger partial charge in [-0.3, -0.25) is 14.6 Å². The summed E-state index contributed by atoms with van der Waals surface area (Å²) in [5.74, 6) is -1.35. The Morgan fingerprint density at radius 3 is 2.39 bits per heavy atom. The highest BCUT2D eigenvalue weighted by atomic mass is 16.2. The van der Waals surface area contributed by atoms with Gasteiger partial charge in [-0.1, -0.05) is 12.1 Å². The molecule has 90 valence electrons. The number of hydrogen-bond donors (Lipinski definition) is 2. The summed E-state index contributed by atoms with van der Waals surface area (Å²) in [4.78, 5) is 27.3. The topological polar surface area (TPSA) is 85.1 Å². The van der Waals surface area contributed by atoms with Crippen molar-refractivity contribution in [3.63, 3.8) is 0 Å². The first-order valence-electron chi connectivity index (χ1n) is 5.28. The number of nitrogens with zero attached hydrogens (tertiary/aromatic N) is 1. The van der Waals surface area contributed by atoms with Gasteiger partial charge in [0, 0.05) is 18.0 Å². The molecule has 0 saturated carbocycles. The Hall–Kier alpha value is -2.69. The van der Waals surface area contributed by atoms with E-state index < -0.39 is 11.7 Å². The van der Waals surface area contributed by atoms with Gasteiger partial charge < -0.3 is 11.1 Å². The Balaban J connectivity index is 2.14. The van der Waals surface area contributed by atoms with E-state index in [-0.39, 0.29) is 5.56 Å². The molecule has 3 N–H and O–H groups in total. The van der Waals surface area contributed by atoms with Crippen LogP contribution in [0.2, 0.25) is 0 Å². The number of Topliss-reactive ketones (excluding diaryl/α,β-unsaturated/α-hetero) is 1. The molecule has 0 aliphatic rings. The van der Waals surface area contributed by atoms with Crippen LogP contribution in [0.5, 0.6) is 0 Å². The number of ketones is 1. The molecular weight excluding hydrogens is 230 g/mol. The lowest BCUT2D eigenvalue weighted by Gasteiger charge is -2.06. The average Bonchev–Trinajstić information content (AvgIpc) is 2.41. The molecule has 0 radical (unpaired) electrons. The first-order valence-corrected chi connectivity index (χ1v) is 5.28. The summed E-state index contributed by atoms with van der Waals surface area (Å²) in [5, 5.41) is 2.47. The maximum Gasteiger partial charge on any atom is 0.296 e. The summed E-state index contributed by atoms with van der Waals surface area (Å²) >= 11 is 0. The van der Waals surface area contributed by atoms with Crippen molar-refractivity contribution in [3.8, 4) is 0 Å². The van der Waals surface area contributed by atoms with Gasteiger partial charge in [0.05, 0.1) is 11.4 Å². The monoisotopic (exact) mass is 241 g/mol. The molecule has 0 atom stereocenters. The highest BCUT2D eigenvalue weighted by Gasteiger charge is 2.16. The van der Waals surface area contributed by atoms with Crippen molar-refractivity contribution in [2.45, 2.75) is 0 Å². The molecule has 18 heavy (non-hydrogen) atoms. The molecule has 1 amide bonds. The summed E-state index contributed by atoms with van der Waals surface area (Å²) in [6.45, 7) is 0. The SMILES string of the molecule is Nc1ccccc1NC(=O)C(=O)c1ccncc1. The van der Waals surface area contributed by atoms with E-state index in [0.717, 1.165) is 0 Å². The summed E-state index contributed by atoms with van der Waals surface area (Å²) in [7, 11) is 0. The van der Waals surface area contributed by atoms with Crippen molar-refractivity contribution >= 4 is 23.1 Å². The third-order valence-corrected chi connectivity index (χ3v) is 2.36. The lowest BCUT2D eigenvalue weighted by molar-refractivity contribution is -0.112. The van der Waals surface area contributed by atoms with E-state index in [9.17, 15) is 9.59 Å². The average molecular weight is 241 g/mol. The third kappa shape index (κ3) is 2.52. The second-order valence-electron chi connectivity index (χ2n) is 3.61. The van der Waals surface area contributed by atoms with Crippen LogP contribution >= 0.6 is 0 Å². The first kappa shape index (κ1) is 11.8. The van der Waals surface area contributed by atoms with Crippen molar-refractivity contribution in [2.75, 3.05) is 11.1 Å². The highest BCUT2D eigenvalue weighted by molar-refractivity contribution is 6.46. The molecule has 0 aliphatic carbocycles. The fraction of sp³-hybridized carbons (Fsp3) is 0. The zero-order chi connectivity index (χ0) is 13.0. The van der Waals surface area contributed by atoms with Gasteiger partial charge in [0.15, 0.2) is 0 Å². The number of nitrogens with two attached hydrogens (primary N) is 1. The minimum Gasteiger partial charge on any atom is -0.397 e. The van der Waals surface area contributed by atoms with E-state index in [1.165, 1.54) is 24.5 Å². The molecule has 0 unspecified atom stereocenters. The number of pyridine rings is 1. The van der Waals surface area contributed by atoms with Crippen LogP contribution in [0.25, 0.3) is 0 Å². The number of carbonyl (C=O) groups excluding carboxylic acids is 2. The largest absolute Gasteiger partial charge is 0.397 e. The van der Waals surface area contributed by atoms with Crippen LogP contribution in [-0.2, 0) is 4.79 Å². The number of nitrogen functional groups attached to an aromatic ring is 1. The maximum atomic E-state index is 11.8. The predicted molar refractivity (Wildman–Crippen MR) is 68.1 cm³/mol.